The summed E-state index contributed by atoms with van der Waals surface area (Å²) in [5.41, 5.74) is 1.38. The second kappa shape index (κ2) is 7.40. The monoisotopic (exact) mass is 288 g/mol. The van der Waals surface area contributed by atoms with E-state index in [1.807, 2.05) is 30.3 Å². The molecule has 2 rings (SSSR count). The van der Waals surface area contributed by atoms with Crippen LogP contribution in [0.15, 0.2) is 54.6 Å². The van der Waals surface area contributed by atoms with Gasteiger partial charge in [-0.15, -0.1) is 0 Å². The number of hydrogen-bond donors (Lipinski definition) is 3. The van der Waals surface area contributed by atoms with Crippen LogP contribution >= 0.6 is 0 Å². The molecule has 5 heteroatoms. The Morgan fingerprint density at radius 1 is 1.14 bits per heavy atom. The molecule has 0 spiro atoms. The molecule has 2 amide bonds. The third kappa shape index (κ3) is 4.89. The summed E-state index contributed by atoms with van der Waals surface area (Å²) in [6, 6.07) is 14.3. The fourth-order valence-corrected chi connectivity index (χ4v) is 1.98. The smallest absolute Gasteiger partial charge is 0.319 e. The van der Waals surface area contributed by atoms with Crippen LogP contribution in [-0.2, 0) is 6.42 Å². The van der Waals surface area contributed by atoms with Gasteiger partial charge in [-0.05, 0) is 30.2 Å². The van der Waals surface area contributed by atoms with Crippen LogP contribution < -0.4 is 10.6 Å². The second-order valence-corrected chi connectivity index (χ2v) is 4.68. The zero-order valence-electron chi connectivity index (χ0n) is 11.4. The standard InChI is InChI=1S/C16H17FN2O2/c17-13-7-4-8-14(10-13)18-16(21)19-15(11-20)9-12-5-2-1-3-6-12/h1-8,10,15,20H,9,11H2,(H2,18,19,21)/t15-/m0/s1. The van der Waals surface area contributed by atoms with Crippen molar-refractivity contribution < 1.29 is 14.3 Å². The number of hydrogen-bond acceptors (Lipinski definition) is 2. The Morgan fingerprint density at radius 3 is 2.57 bits per heavy atom. The first-order valence-corrected chi connectivity index (χ1v) is 6.65. The fraction of sp³-hybridized carbons (Fsp3) is 0.188. The SMILES string of the molecule is O=C(Nc1cccc(F)c1)N[C@H](CO)Cc1ccccc1. The Labute approximate surface area is 122 Å². The van der Waals surface area contributed by atoms with Crippen molar-refractivity contribution in [3.63, 3.8) is 0 Å². The third-order valence-corrected chi connectivity index (χ3v) is 2.96. The van der Waals surface area contributed by atoms with E-state index in [2.05, 4.69) is 10.6 Å². The van der Waals surface area contributed by atoms with Crippen molar-refractivity contribution in [1.82, 2.24) is 5.32 Å². The highest BCUT2D eigenvalue weighted by atomic mass is 19.1. The summed E-state index contributed by atoms with van der Waals surface area (Å²) in [6.45, 7) is -0.175. The van der Waals surface area contributed by atoms with Gasteiger partial charge in [0, 0.05) is 5.69 Å². The van der Waals surface area contributed by atoms with Gasteiger partial charge in [0.05, 0.1) is 12.6 Å². The Hall–Kier alpha value is -2.40. The first-order valence-electron chi connectivity index (χ1n) is 6.65. The fourth-order valence-electron chi connectivity index (χ4n) is 1.98. The Balaban J connectivity index is 1.90. The van der Waals surface area contributed by atoms with Gasteiger partial charge in [-0.3, -0.25) is 0 Å². The lowest BCUT2D eigenvalue weighted by atomic mass is 10.1. The number of nitrogens with one attached hydrogen (secondary N) is 2. The van der Waals surface area contributed by atoms with E-state index < -0.39 is 17.9 Å². The summed E-state index contributed by atoms with van der Waals surface area (Å²) in [4.78, 5) is 11.8. The number of amides is 2. The van der Waals surface area contributed by atoms with E-state index in [1.54, 1.807) is 6.07 Å². The van der Waals surface area contributed by atoms with Crippen LogP contribution in [-0.4, -0.2) is 23.8 Å². The molecule has 0 bridgehead atoms. The summed E-state index contributed by atoms with van der Waals surface area (Å²) in [7, 11) is 0. The zero-order chi connectivity index (χ0) is 15.1. The van der Waals surface area contributed by atoms with Gasteiger partial charge in [0.1, 0.15) is 5.82 Å². The molecule has 110 valence electrons. The molecule has 0 aliphatic rings. The summed E-state index contributed by atoms with van der Waals surface area (Å²) in [6.07, 6.45) is 0.522. The highest BCUT2D eigenvalue weighted by Crippen LogP contribution is 2.09. The number of anilines is 1. The lowest BCUT2D eigenvalue weighted by molar-refractivity contribution is 0.224. The van der Waals surface area contributed by atoms with Gasteiger partial charge in [-0.2, -0.15) is 0 Å². The average molecular weight is 288 g/mol. The highest BCUT2D eigenvalue weighted by molar-refractivity contribution is 5.89. The number of aliphatic hydroxyl groups excluding tert-OH is 1. The number of aliphatic hydroxyl groups is 1. The number of halogens is 1. The van der Waals surface area contributed by atoms with Crippen LogP contribution in [0.3, 0.4) is 0 Å². The first kappa shape index (κ1) is 15.0. The molecule has 3 N–H and O–H groups in total. The highest BCUT2D eigenvalue weighted by Gasteiger charge is 2.12. The normalized spacial score (nSPS) is 11.7. The minimum absolute atomic E-state index is 0.175. The van der Waals surface area contributed by atoms with Crippen molar-refractivity contribution in [1.29, 1.82) is 0 Å². The van der Waals surface area contributed by atoms with Gasteiger partial charge in [0.2, 0.25) is 0 Å². The molecular formula is C16H17FN2O2. The van der Waals surface area contributed by atoms with E-state index in [1.165, 1.54) is 18.2 Å². The molecule has 0 unspecified atom stereocenters. The van der Waals surface area contributed by atoms with Crippen LogP contribution in [0.4, 0.5) is 14.9 Å². The molecule has 1 atom stereocenters. The maximum Gasteiger partial charge on any atom is 0.319 e. The van der Waals surface area contributed by atoms with Crippen LogP contribution in [0, 0.1) is 5.82 Å². The van der Waals surface area contributed by atoms with Crippen LogP contribution in [0.25, 0.3) is 0 Å². The summed E-state index contributed by atoms with van der Waals surface area (Å²) < 4.78 is 13.0. The molecule has 0 aromatic heterocycles. The van der Waals surface area contributed by atoms with Gasteiger partial charge in [-0.1, -0.05) is 36.4 Å². The van der Waals surface area contributed by atoms with Crippen molar-refractivity contribution in [3.8, 4) is 0 Å². The van der Waals surface area contributed by atoms with E-state index in [0.717, 1.165) is 5.56 Å². The minimum Gasteiger partial charge on any atom is -0.394 e. The number of urea groups is 1. The predicted molar refractivity (Wildman–Crippen MR) is 79.6 cm³/mol. The largest absolute Gasteiger partial charge is 0.394 e. The summed E-state index contributed by atoms with van der Waals surface area (Å²) in [5.74, 6) is -0.421. The molecule has 0 saturated carbocycles. The number of rotatable bonds is 5. The van der Waals surface area contributed by atoms with E-state index in [0.29, 0.717) is 12.1 Å². The molecule has 2 aromatic carbocycles. The van der Waals surface area contributed by atoms with E-state index in [4.69, 9.17) is 0 Å². The molecular weight excluding hydrogens is 271 g/mol. The first-order chi connectivity index (χ1) is 10.2. The molecule has 2 aromatic rings. The van der Waals surface area contributed by atoms with Gasteiger partial charge >= 0.3 is 6.03 Å². The lowest BCUT2D eigenvalue weighted by Crippen LogP contribution is -2.41. The molecule has 0 radical (unpaired) electrons. The molecule has 0 heterocycles. The molecule has 0 fully saturated rings. The number of carbonyl (C=O) groups excluding carboxylic acids is 1. The van der Waals surface area contributed by atoms with E-state index in [-0.39, 0.29) is 6.61 Å². The van der Waals surface area contributed by atoms with Crippen molar-refractivity contribution in [2.45, 2.75) is 12.5 Å². The Morgan fingerprint density at radius 2 is 1.90 bits per heavy atom. The predicted octanol–water partition coefficient (Wildman–Crippen LogP) is 2.55. The summed E-state index contributed by atoms with van der Waals surface area (Å²) in [5, 5.41) is 14.5. The maximum atomic E-state index is 13.0. The van der Waals surface area contributed by atoms with Gasteiger partial charge < -0.3 is 15.7 Å². The zero-order valence-corrected chi connectivity index (χ0v) is 11.4. The minimum atomic E-state index is -0.476. The average Bonchev–Trinajstić information content (AvgIpc) is 2.47. The quantitative estimate of drug-likeness (QED) is 0.792. The lowest BCUT2D eigenvalue weighted by Gasteiger charge is -2.17. The van der Waals surface area contributed by atoms with Crippen molar-refractivity contribution >= 4 is 11.7 Å². The molecule has 0 saturated heterocycles. The van der Waals surface area contributed by atoms with Crippen LogP contribution in [0.2, 0.25) is 0 Å². The van der Waals surface area contributed by atoms with Crippen molar-refractivity contribution in [2.75, 3.05) is 11.9 Å². The van der Waals surface area contributed by atoms with Gasteiger partial charge in [-0.25, -0.2) is 9.18 Å². The van der Waals surface area contributed by atoms with Crippen LogP contribution in [0.1, 0.15) is 5.56 Å². The van der Waals surface area contributed by atoms with Gasteiger partial charge in [0.25, 0.3) is 0 Å². The van der Waals surface area contributed by atoms with Crippen molar-refractivity contribution in [3.05, 3.63) is 66.0 Å². The second-order valence-electron chi connectivity index (χ2n) is 4.68. The molecule has 0 aliphatic carbocycles. The Kier molecular flexibility index (Phi) is 5.29. The number of benzene rings is 2. The molecule has 0 aliphatic heterocycles. The van der Waals surface area contributed by atoms with E-state index >= 15 is 0 Å². The third-order valence-electron chi connectivity index (χ3n) is 2.96. The van der Waals surface area contributed by atoms with Crippen LogP contribution in [0.5, 0.6) is 0 Å². The number of carbonyl (C=O) groups is 1. The Bertz CT molecular complexity index is 590. The van der Waals surface area contributed by atoms with Crippen molar-refractivity contribution in [2.24, 2.45) is 0 Å². The topological polar surface area (TPSA) is 61.4 Å². The van der Waals surface area contributed by atoms with E-state index in [9.17, 15) is 14.3 Å². The summed E-state index contributed by atoms with van der Waals surface area (Å²) >= 11 is 0. The molecule has 4 nitrogen and oxygen atoms in total. The molecule has 21 heavy (non-hydrogen) atoms. The van der Waals surface area contributed by atoms with Gasteiger partial charge in [0.15, 0.2) is 0 Å². The maximum absolute atomic E-state index is 13.0.